The molecule has 0 unspecified atom stereocenters. The van der Waals surface area contributed by atoms with Crippen LogP contribution in [-0.2, 0) is 9.53 Å². The Kier molecular flexibility index (Phi) is 6.32. The van der Waals surface area contributed by atoms with Crippen LogP contribution >= 0.6 is 0 Å². The third kappa shape index (κ3) is 5.17. The second-order valence-electron chi connectivity index (χ2n) is 6.27. The van der Waals surface area contributed by atoms with E-state index in [-0.39, 0.29) is 28.9 Å². The predicted molar refractivity (Wildman–Crippen MR) is 92.0 cm³/mol. The number of ether oxygens (including phenoxy) is 1. The lowest BCUT2D eigenvalue weighted by Crippen LogP contribution is -2.41. The number of hydrogen-bond acceptors (Lipinski definition) is 6. The summed E-state index contributed by atoms with van der Waals surface area (Å²) in [5.74, 6) is -1.23. The maximum Gasteiger partial charge on any atom is 0.341 e. The SMILES string of the molecule is C[C@@H](OC(=O)c1cc([N+](=O)[O-])ccc1N)C(=O)NC1CCCCCC1. The Labute approximate surface area is 145 Å². The monoisotopic (exact) mass is 349 g/mol. The normalized spacial score (nSPS) is 16.5. The molecule has 1 amide bonds. The summed E-state index contributed by atoms with van der Waals surface area (Å²) >= 11 is 0. The smallest absolute Gasteiger partial charge is 0.341 e. The number of non-ortho nitro benzene ring substituents is 1. The number of nitro groups is 1. The van der Waals surface area contributed by atoms with Crippen molar-refractivity contribution < 1.29 is 19.2 Å². The standard InChI is InChI=1S/C17H23N3O5/c1-11(16(21)19-12-6-4-2-3-5-7-12)25-17(22)14-10-13(20(23)24)8-9-15(14)18/h8-12H,2-7,18H2,1H3,(H,19,21)/t11-/m1/s1. The van der Waals surface area contributed by atoms with E-state index in [0.717, 1.165) is 31.7 Å². The minimum atomic E-state index is -1.01. The number of amides is 1. The van der Waals surface area contributed by atoms with Gasteiger partial charge in [-0.15, -0.1) is 0 Å². The van der Waals surface area contributed by atoms with Crippen LogP contribution in [0.1, 0.15) is 55.8 Å². The highest BCUT2D eigenvalue weighted by Crippen LogP contribution is 2.21. The number of rotatable bonds is 5. The van der Waals surface area contributed by atoms with E-state index in [2.05, 4.69) is 5.32 Å². The first-order valence-corrected chi connectivity index (χ1v) is 8.43. The van der Waals surface area contributed by atoms with Crippen LogP contribution in [-0.4, -0.2) is 28.9 Å². The number of nitrogens with two attached hydrogens (primary N) is 1. The summed E-state index contributed by atoms with van der Waals surface area (Å²) in [4.78, 5) is 34.6. The van der Waals surface area contributed by atoms with Gasteiger partial charge in [0.1, 0.15) is 0 Å². The van der Waals surface area contributed by atoms with Crippen LogP contribution in [0.3, 0.4) is 0 Å². The summed E-state index contributed by atoms with van der Waals surface area (Å²) in [6.45, 7) is 1.47. The number of benzene rings is 1. The van der Waals surface area contributed by atoms with E-state index in [0.29, 0.717) is 0 Å². The summed E-state index contributed by atoms with van der Waals surface area (Å²) in [5, 5.41) is 13.7. The molecular weight excluding hydrogens is 326 g/mol. The Morgan fingerprint density at radius 3 is 2.52 bits per heavy atom. The molecule has 1 fully saturated rings. The van der Waals surface area contributed by atoms with Crippen LogP contribution in [0.2, 0.25) is 0 Å². The Balaban J connectivity index is 1.98. The summed E-state index contributed by atoms with van der Waals surface area (Å²) in [6.07, 6.45) is 5.32. The number of esters is 1. The van der Waals surface area contributed by atoms with Crippen molar-refractivity contribution in [2.24, 2.45) is 0 Å². The molecule has 1 aliphatic carbocycles. The van der Waals surface area contributed by atoms with Crippen molar-refractivity contribution in [3.05, 3.63) is 33.9 Å². The Morgan fingerprint density at radius 2 is 1.92 bits per heavy atom. The number of carbonyl (C=O) groups is 2. The molecule has 0 bridgehead atoms. The second kappa shape index (κ2) is 8.46. The van der Waals surface area contributed by atoms with Crippen molar-refractivity contribution in [2.75, 3.05) is 5.73 Å². The van der Waals surface area contributed by atoms with Crippen molar-refractivity contribution in [2.45, 2.75) is 57.6 Å². The van der Waals surface area contributed by atoms with Crippen LogP contribution < -0.4 is 11.1 Å². The Bertz CT molecular complexity index is 654. The number of nitro benzene ring substituents is 1. The van der Waals surface area contributed by atoms with Crippen molar-refractivity contribution in [1.29, 1.82) is 0 Å². The van der Waals surface area contributed by atoms with Gasteiger partial charge < -0.3 is 15.8 Å². The second-order valence-corrected chi connectivity index (χ2v) is 6.27. The maximum absolute atomic E-state index is 12.2. The van der Waals surface area contributed by atoms with Gasteiger partial charge >= 0.3 is 5.97 Å². The lowest BCUT2D eigenvalue weighted by molar-refractivity contribution is -0.384. The number of hydrogen-bond donors (Lipinski definition) is 2. The van der Waals surface area contributed by atoms with Gasteiger partial charge in [0.2, 0.25) is 0 Å². The van der Waals surface area contributed by atoms with E-state index in [4.69, 9.17) is 10.5 Å². The molecule has 1 aliphatic rings. The average molecular weight is 349 g/mol. The van der Waals surface area contributed by atoms with Gasteiger partial charge in [0, 0.05) is 23.9 Å². The molecule has 0 spiro atoms. The zero-order valence-electron chi connectivity index (χ0n) is 14.2. The Morgan fingerprint density at radius 1 is 1.28 bits per heavy atom. The van der Waals surface area contributed by atoms with Gasteiger partial charge in [-0.25, -0.2) is 4.79 Å². The summed E-state index contributed by atoms with van der Waals surface area (Å²) in [7, 11) is 0. The van der Waals surface area contributed by atoms with E-state index in [1.165, 1.54) is 31.9 Å². The molecule has 1 atom stereocenters. The molecule has 1 aromatic carbocycles. The van der Waals surface area contributed by atoms with E-state index in [9.17, 15) is 19.7 Å². The minimum Gasteiger partial charge on any atom is -0.449 e. The van der Waals surface area contributed by atoms with Gasteiger partial charge in [-0.3, -0.25) is 14.9 Å². The minimum absolute atomic E-state index is 0.0620. The van der Waals surface area contributed by atoms with E-state index < -0.39 is 17.0 Å². The van der Waals surface area contributed by atoms with Crippen LogP contribution in [0.4, 0.5) is 11.4 Å². The highest BCUT2D eigenvalue weighted by molar-refractivity contribution is 5.97. The molecule has 0 aliphatic heterocycles. The van der Waals surface area contributed by atoms with Gasteiger partial charge in [-0.05, 0) is 25.8 Å². The zero-order chi connectivity index (χ0) is 18.4. The fraction of sp³-hybridized carbons (Fsp3) is 0.529. The molecule has 1 aromatic rings. The van der Waals surface area contributed by atoms with Gasteiger partial charge in [0.05, 0.1) is 10.5 Å². The molecule has 0 saturated heterocycles. The van der Waals surface area contributed by atoms with Crippen LogP contribution in [0.25, 0.3) is 0 Å². The molecule has 8 heteroatoms. The summed E-state index contributed by atoms with van der Waals surface area (Å²) < 4.78 is 5.13. The molecule has 1 saturated carbocycles. The van der Waals surface area contributed by atoms with Crippen LogP contribution in [0, 0.1) is 10.1 Å². The highest BCUT2D eigenvalue weighted by Gasteiger charge is 2.24. The quantitative estimate of drug-likeness (QED) is 0.277. The first kappa shape index (κ1) is 18.7. The third-order valence-electron chi connectivity index (χ3n) is 4.32. The van der Waals surface area contributed by atoms with Gasteiger partial charge in [0.25, 0.3) is 11.6 Å². The molecule has 8 nitrogen and oxygen atoms in total. The molecule has 136 valence electrons. The van der Waals surface area contributed by atoms with Gasteiger partial charge in [-0.1, -0.05) is 25.7 Å². The number of nitrogen functional groups attached to an aromatic ring is 1. The van der Waals surface area contributed by atoms with E-state index >= 15 is 0 Å². The molecule has 0 radical (unpaired) electrons. The van der Waals surface area contributed by atoms with Crippen LogP contribution in [0.15, 0.2) is 18.2 Å². The van der Waals surface area contributed by atoms with Gasteiger partial charge in [0.15, 0.2) is 6.10 Å². The first-order valence-electron chi connectivity index (χ1n) is 8.43. The molecule has 0 aromatic heterocycles. The summed E-state index contributed by atoms with van der Waals surface area (Å²) in [6, 6.07) is 3.62. The largest absolute Gasteiger partial charge is 0.449 e. The fourth-order valence-electron chi connectivity index (χ4n) is 2.85. The third-order valence-corrected chi connectivity index (χ3v) is 4.32. The zero-order valence-corrected chi connectivity index (χ0v) is 14.2. The first-order chi connectivity index (χ1) is 11.9. The molecule has 3 N–H and O–H groups in total. The van der Waals surface area contributed by atoms with Crippen molar-refractivity contribution >= 4 is 23.3 Å². The molecule has 25 heavy (non-hydrogen) atoms. The number of nitrogens with zero attached hydrogens (tertiary/aromatic N) is 1. The fourth-order valence-corrected chi connectivity index (χ4v) is 2.85. The summed E-state index contributed by atoms with van der Waals surface area (Å²) in [5.41, 5.74) is 5.36. The number of anilines is 1. The van der Waals surface area contributed by atoms with Crippen LogP contribution in [0.5, 0.6) is 0 Å². The lowest BCUT2D eigenvalue weighted by atomic mass is 10.1. The average Bonchev–Trinajstić information content (AvgIpc) is 2.83. The maximum atomic E-state index is 12.2. The molecule has 2 rings (SSSR count). The molecular formula is C17H23N3O5. The number of carbonyl (C=O) groups excluding carboxylic acids is 2. The van der Waals surface area contributed by atoms with Crippen molar-refractivity contribution in [1.82, 2.24) is 5.32 Å². The Hall–Kier alpha value is -2.64. The predicted octanol–water partition coefficient (Wildman–Crippen LogP) is 2.56. The van der Waals surface area contributed by atoms with Crippen molar-refractivity contribution in [3.63, 3.8) is 0 Å². The van der Waals surface area contributed by atoms with E-state index in [1.807, 2.05) is 0 Å². The highest BCUT2D eigenvalue weighted by atomic mass is 16.6. The molecule has 0 heterocycles. The van der Waals surface area contributed by atoms with Gasteiger partial charge in [-0.2, -0.15) is 0 Å². The van der Waals surface area contributed by atoms with Crippen molar-refractivity contribution in [3.8, 4) is 0 Å². The lowest BCUT2D eigenvalue weighted by Gasteiger charge is -2.19. The topological polar surface area (TPSA) is 125 Å². The van der Waals surface area contributed by atoms with E-state index in [1.54, 1.807) is 0 Å². The number of nitrogens with one attached hydrogen (secondary N) is 1.